The summed E-state index contributed by atoms with van der Waals surface area (Å²) < 4.78 is 0. The Morgan fingerprint density at radius 1 is 1.33 bits per heavy atom. The quantitative estimate of drug-likeness (QED) is 0.832. The highest BCUT2D eigenvalue weighted by Crippen LogP contribution is 2.44. The largest absolute Gasteiger partial charge is 0.349 e. The molecule has 0 heterocycles. The highest BCUT2D eigenvalue weighted by atomic mass is 16.1. The van der Waals surface area contributed by atoms with Crippen molar-refractivity contribution in [1.29, 1.82) is 0 Å². The smallest absolute Gasteiger partial charge is 0.251 e. The maximum atomic E-state index is 12.6. The number of carbonyl (C=O) groups excluding carboxylic acids is 1. The van der Waals surface area contributed by atoms with E-state index in [1.165, 1.54) is 25.7 Å². The molecule has 1 aromatic carbocycles. The van der Waals surface area contributed by atoms with Crippen LogP contribution in [0.1, 0.15) is 47.2 Å². The van der Waals surface area contributed by atoms with Crippen LogP contribution in [0.2, 0.25) is 0 Å². The van der Waals surface area contributed by atoms with Gasteiger partial charge in [0.1, 0.15) is 0 Å². The topological polar surface area (TPSA) is 55.1 Å². The Hall–Kier alpha value is -1.79. The summed E-state index contributed by atoms with van der Waals surface area (Å²) in [7, 11) is 0. The zero-order chi connectivity index (χ0) is 14.8. The monoisotopic (exact) mass is 282 g/mol. The molecule has 3 heteroatoms. The van der Waals surface area contributed by atoms with Gasteiger partial charge in [0.15, 0.2) is 0 Å². The van der Waals surface area contributed by atoms with Crippen LogP contribution >= 0.6 is 0 Å². The molecule has 1 aromatic rings. The van der Waals surface area contributed by atoms with Crippen molar-refractivity contribution < 1.29 is 4.79 Å². The molecule has 0 aliphatic heterocycles. The minimum Gasteiger partial charge on any atom is -0.349 e. The molecule has 21 heavy (non-hydrogen) atoms. The molecule has 0 radical (unpaired) electrons. The fraction of sp³-hybridized carbons (Fsp3) is 0.500. The average Bonchev–Trinajstić information content (AvgIpc) is 3.37. The molecule has 2 saturated carbocycles. The van der Waals surface area contributed by atoms with Gasteiger partial charge in [-0.1, -0.05) is 17.9 Å². The first-order valence-corrected chi connectivity index (χ1v) is 7.80. The number of benzene rings is 1. The second-order valence-corrected chi connectivity index (χ2v) is 6.16. The molecule has 3 nitrogen and oxygen atoms in total. The molecule has 2 aliphatic carbocycles. The molecule has 0 unspecified atom stereocenters. The van der Waals surface area contributed by atoms with Gasteiger partial charge in [0.2, 0.25) is 0 Å². The molecular weight excluding hydrogens is 260 g/mol. The Morgan fingerprint density at radius 2 is 2.00 bits per heavy atom. The number of nitrogens with one attached hydrogen (secondary N) is 1. The molecule has 0 saturated heterocycles. The van der Waals surface area contributed by atoms with Crippen molar-refractivity contribution in [1.82, 2.24) is 5.32 Å². The maximum Gasteiger partial charge on any atom is 0.251 e. The van der Waals surface area contributed by atoms with E-state index in [9.17, 15) is 4.79 Å². The molecule has 110 valence electrons. The van der Waals surface area contributed by atoms with Crippen LogP contribution in [0.3, 0.4) is 0 Å². The lowest BCUT2D eigenvalue weighted by Gasteiger charge is -2.18. The van der Waals surface area contributed by atoms with Crippen LogP contribution < -0.4 is 11.1 Å². The minimum atomic E-state index is 0.0488. The van der Waals surface area contributed by atoms with E-state index in [0.717, 1.165) is 16.7 Å². The van der Waals surface area contributed by atoms with Gasteiger partial charge in [-0.2, -0.15) is 0 Å². The van der Waals surface area contributed by atoms with Gasteiger partial charge in [-0.3, -0.25) is 4.79 Å². The van der Waals surface area contributed by atoms with Gasteiger partial charge >= 0.3 is 0 Å². The van der Waals surface area contributed by atoms with E-state index in [1.54, 1.807) is 0 Å². The van der Waals surface area contributed by atoms with Crippen LogP contribution in [0, 0.1) is 30.6 Å². The molecule has 3 N–H and O–H groups in total. The predicted molar refractivity (Wildman–Crippen MR) is 83.8 cm³/mol. The van der Waals surface area contributed by atoms with Crippen molar-refractivity contribution in [2.75, 3.05) is 6.54 Å². The van der Waals surface area contributed by atoms with Crippen molar-refractivity contribution in [2.24, 2.45) is 17.6 Å². The van der Waals surface area contributed by atoms with E-state index < -0.39 is 0 Å². The molecule has 0 spiro atoms. The molecule has 2 aliphatic rings. The first kappa shape index (κ1) is 14.2. The number of nitrogens with two attached hydrogens (primary N) is 1. The molecule has 1 amide bonds. The summed E-state index contributed by atoms with van der Waals surface area (Å²) in [6.45, 7) is 2.29. The normalized spacial score (nSPS) is 17.3. The van der Waals surface area contributed by atoms with Crippen molar-refractivity contribution in [2.45, 2.75) is 38.6 Å². The maximum absolute atomic E-state index is 12.6. The lowest BCUT2D eigenvalue weighted by molar-refractivity contribution is 0.0925. The van der Waals surface area contributed by atoms with Crippen LogP contribution in [0.4, 0.5) is 0 Å². The lowest BCUT2D eigenvalue weighted by Crippen LogP contribution is -2.38. The van der Waals surface area contributed by atoms with Crippen molar-refractivity contribution in [3.8, 4) is 11.8 Å². The van der Waals surface area contributed by atoms with Gasteiger partial charge in [0, 0.05) is 17.2 Å². The summed E-state index contributed by atoms with van der Waals surface area (Å²) in [6, 6.07) is 6.10. The molecule has 3 rings (SSSR count). The van der Waals surface area contributed by atoms with Gasteiger partial charge < -0.3 is 11.1 Å². The Bertz CT molecular complexity index is 591. The van der Waals surface area contributed by atoms with Crippen LogP contribution in [0.15, 0.2) is 18.2 Å². The Balaban J connectivity index is 1.77. The molecule has 0 atom stereocenters. The summed E-state index contributed by atoms with van der Waals surface area (Å²) in [4.78, 5) is 12.6. The second-order valence-electron chi connectivity index (χ2n) is 6.16. The third-order valence-electron chi connectivity index (χ3n) is 4.46. The fourth-order valence-electron chi connectivity index (χ4n) is 2.92. The van der Waals surface area contributed by atoms with Crippen molar-refractivity contribution >= 4 is 5.91 Å². The number of rotatable bonds is 4. The highest BCUT2D eigenvalue weighted by molar-refractivity contribution is 5.96. The third-order valence-corrected chi connectivity index (χ3v) is 4.46. The first-order valence-electron chi connectivity index (χ1n) is 7.80. The lowest BCUT2D eigenvalue weighted by atomic mass is 10.0. The average molecular weight is 282 g/mol. The Morgan fingerprint density at radius 3 is 2.57 bits per heavy atom. The van der Waals surface area contributed by atoms with Gasteiger partial charge in [0.05, 0.1) is 6.54 Å². The fourth-order valence-corrected chi connectivity index (χ4v) is 2.92. The zero-order valence-electron chi connectivity index (χ0n) is 12.5. The Kier molecular flexibility index (Phi) is 3.98. The van der Waals surface area contributed by atoms with Crippen molar-refractivity contribution in [3.63, 3.8) is 0 Å². The van der Waals surface area contributed by atoms with Gasteiger partial charge in [0.25, 0.3) is 5.91 Å². The summed E-state index contributed by atoms with van der Waals surface area (Å²) in [5.74, 6) is 7.36. The summed E-state index contributed by atoms with van der Waals surface area (Å²) in [6.07, 6.45) is 5.07. The number of hydrogen-bond acceptors (Lipinski definition) is 2. The van der Waals surface area contributed by atoms with E-state index in [1.807, 2.05) is 25.1 Å². The third kappa shape index (κ3) is 3.28. The number of carbonyl (C=O) groups is 1. The second kappa shape index (κ2) is 5.91. The van der Waals surface area contributed by atoms with Crippen LogP contribution in [0.5, 0.6) is 0 Å². The first-order chi connectivity index (χ1) is 10.2. The predicted octanol–water partition coefficient (Wildman–Crippen LogP) is 2.22. The van der Waals surface area contributed by atoms with Crippen LogP contribution in [-0.2, 0) is 0 Å². The van der Waals surface area contributed by atoms with Crippen LogP contribution in [-0.4, -0.2) is 18.5 Å². The molecular formula is C18H22N2O. The Labute approximate surface area is 126 Å². The van der Waals surface area contributed by atoms with Crippen molar-refractivity contribution in [3.05, 3.63) is 34.9 Å². The number of hydrogen-bond donors (Lipinski definition) is 2. The van der Waals surface area contributed by atoms with Gasteiger partial charge in [-0.05, 0) is 62.1 Å². The van der Waals surface area contributed by atoms with Crippen LogP contribution in [0.25, 0.3) is 0 Å². The van der Waals surface area contributed by atoms with Gasteiger partial charge in [-0.25, -0.2) is 0 Å². The minimum absolute atomic E-state index is 0.0488. The van der Waals surface area contributed by atoms with Gasteiger partial charge in [-0.15, -0.1) is 0 Å². The van der Waals surface area contributed by atoms with E-state index in [4.69, 9.17) is 5.73 Å². The van der Waals surface area contributed by atoms with E-state index in [0.29, 0.717) is 24.4 Å². The van der Waals surface area contributed by atoms with E-state index in [2.05, 4.69) is 17.2 Å². The standard InChI is InChI=1S/C18H22N2O/c1-12-13(5-3-11-19)4-2-6-16(12)18(21)20-17(14-7-8-14)15-9-10-15/h2,4,6,14-15,17H,7-11,19H2,1H3,(H,20,21). The zero-order valence-corrected chi connectivity index (χ0v) is 12.5. The summed E-state index contributed by atoms with van der Waals surface area (Å²) >= 11 is 0. The number of amides is 1. The molecule has 0 aromatic heterocycles. The van der Waals surface area contributed by atoms with E-state index >= 15 is 0 Å². The molecule has 2 fully saturated rings. The summed E-state index contributed by atoms with van der Waals surface area (Å²) in [5.41, 5.74) is 8.00. The SMILES string of the molecule is Cc1c(C#CCN)cccc1C(=O)NC(C1CC1)C1CC1. The van der Waals surface area contributed by atoms with E-state index in [-0.39, 0.29) is 5.91 Å². The highest BCUT2D eigenvalue weighted by Gasteiger charge is 2.42. The molecule has 0 bridgehead atoms. The summed E-state index contributed by atoms with van der Waals surface area (Å²) in [5, 5.41) is 3.27.